The third kappa shape index (κ3) is 2.86. The van der Waals surface area contributed by atoms with Crippen LogP contribution in [0.4, 0.5) is 4.39 Å². The molecule has 0 atom stereocenters. The number of aromatic nitrogens is 1. The van der Waals surface area contributed by atoms with Crippen molar-refractivity contribution in [2.45, 2.75) is 20.8 Å². The van der Waals surface area contributed by atoms with E-state index in [1.807, 2.05) is 20.8 Å². The lowest BCUT2D eigenvalue weighted by molar-refractivity contribution is 0.405. The largest absolute Gasteiger partial charge is 0.496 e. The fraction of sp³-hybridized carbons (Fsp3) is 0.444. The van der Waals surface area contributed by atoms with Crippen molar-refractivity contribution in [3.8, 4) is 5.75 Å². The van der Waals surface area contributed by atoms with Crippen LogP contribution in [0.3, 0.4) is 0 Å². The lowest BCUT2D eigenvalue weighted by atomic mass is 10.3. The van der Waals surface area contributed by atoms with Gasteiger partial charge in [-0.15, -0.1) is 0 Å². The van der Waals surface area contributed by atoms with Crippen LogP contribution in [0.2, 0.25) is 0 Å². The zero-order valence-corrected chi connectivity index (χ0v) is 7.89. The Morgan fingerprint density at radius 2 is 2.00 bits per heavy atom. The monoisotopic (exact) mass is 171 g/mol. The molecule has 12 heavy (non-hydrogen) atoms. The van der Waals surface area contributed by atoms with Gasteiger partial charge in [0, 0.05) is 17.8 Å². The third-order valence-electron chi connectivity index (χ3n) is 1.24. The summed E-state index contributed by atoms with van der Waals surface area (Å²) in [7, 11) is 1.50. The predicted octanol–water partition coefficient (Wildman–Crippen LogP) is 2.56. The average Bonchev–Trinajstić information content (AvgIpc) is 2.13. The van der Waals surface area contributed by atoms with Crippen molar-refractivity contribution in [3.05, 3.63) is 23.8 Å². The first-order chi connectivity index (χ1) is 5.74. The number of hydrogen-bond donors (Lipinski definition) is 0. The van der Waals surface area contributed by atoms with Gasteiger partial charge in [-0.25, -0.2) is 4.98 Å². The summed E-state index contributed by atoms with van der Waals surface area (Å²) in [6, 6.07) is 1.26. The van der Waals surface area contributed by atoms with Crippen molar-refractivity contribution in [1.29, 1.82) is 0 Å². The summed E-state index contributed by atoms with van der Waals surface area (Å²) < 4.78 is 17.2. The third-order valence-corrected chi connectivity index (χ3v) is 1.24. The lowest BCUT2D eigenvalue weighted by Crippen LogP contribution is -1.90. The van der Waals surface area contributed by atoms with Crippen molar-refractivity contribution in [2.75, 3.05) is 7.11 Å². The molecule has 1 heterocycles. The second-order valence-corrected chi connectivity index (χ2v) is 1.98. The van der Waals surface area contributed by atoms with E-state index < -0.39 is 5.95 Å². The van der Waals surface area contributed by atoms with Gasteiger partial charge >= 0.3 is 0 Å². The first kappa shape index (κ1) is 10.9. The minimum atomic E-state index is -0.512. The van der Waals surface area contributed by atoms with E-state index in [-0.39, 0.29) is 0 Å². The minimum Gasteiger partial charge on any atom is -0.496 e. The zero-order chi connectivity index (χ0) is 9.56. The van der Waals surface area contributed by atoms with Crippen LogP contribution in [0.5, 0.6) is 5.75 Å². The van der Waals surface area contributed by atoms with Gasteiger partial charge in [0.2, 0.25) is 5.95 Å². The number of halogens is 1. The first-order valence-corrected chi connectivity index (χ1v) is 3.90. The summed E-state index contributed by atoms with van der Waals surface area (Å²) in [6.07, 6.45) is 1.44. The molecule has 0 fully saturated rings. The maximum atomic E-state index is 12.3. The van der Waals surface area contributed by atoms with E-state index in [0.717, 1.165) is 5.56 Å². The molecule has 0 spiro atoms. The zero-order valence-electron chi connectivity index (χ0n) is 7.89. The molecule has 0 saturated heterocycles. The number of aryl methyl sites for hydroxylation is 1. The van der Waals surface area contributed by atoms with Crippen LogP contribution in [0.25, 0.3) is 0 Å². The molecule has 0 amide bonds. The van der Waals surface area contributed by atoms with Crippen molar-refractivity contribution in [1.82, 2.24) is 4.98 Å². The maximum absolute atomic E-state index is 12.3. The van der Waals surface area contributed by atoms with Crippen molar-refractivity contribution in [2.24, 2.45) is 0 Å². The smallest absolute Gasteiger partial charge is 0.216 e. The summed E-state index contributed by atoms with van der Waals surface area (Å²) in [4.78, 5) is 3.44. The number of pyridine rings is 1. The SMILES string of the molecule is CC.COc1cc(F)ncc1C. The van der Waals surface area contributed by atoms with Gasteiger partial charge in [-0.1, -0.05) is 13.8 Å². The Morgan fingerprint density at radius 3 is 2.42 bits per heavy atom. The van der Waals surface area contributed by atoms with Crippen LogP contribution >= 0.6 is 0 Å². The van der Waals surface area contributed by atoms with E-state index in [1.165, 1.54) is 19.4 Å². The molecular formula is C9H14FNO. The van der Waals surface area contributed by atoms with Gasteiger partial charge in [0.25, 0.3) is 0 Å². The van der Waals surface area contributed by atoms with Crippen LogP contribution in [0, 0.1) is 12.9 Å². The molecule has 0 N–H and O–H groups in total. The summed E-state index contributed by atoms with van der Waals surface area (Å²) in [5, 5.41) is 0. The van der Waals surface area contributed by atoms with Crippen molar-refractivity contribution in [3.63, 3.8) is 0 Å². The maximum Gasteiger partial charge on any atom is 0.216 e. The number of rotatable bonds is 1. The highest BCUT2D eigenvalue weighted by atomic mass is 19.1. The van der Waals surface area contributed by atoms with E-state index in [9.17, 15) is 4.39 Å². The fourth-order valence-electron chi connectivity index (χ4n) is 0.701. The molecule has 3 heteroatoms. The summed E-state index contributed by atoms with van der Waals surface area (Å²) in [5.74, 6) is 0.0231. The van der Waals surface area contributed by atoms with Gasteiger partial charge in [-0.3, -0.25) is 0 Å². The van der Waals surface area contributed by atoms with E-state index >= 15 is 0 Å². The highest BCUT2D eigenvalue weighted by Gasteiger charge is 1.98. The Balaban J connectivity index is 0.000000561. The highest BCUT2D eigenvalue weighted by Crippen LogP contribution is 2.15. The molecule has 0 bridgehead atoms. The molecule has 0 aliphatic rings. The number of methoxy groups -OCH3 is 1. The highest BCUT2D eigenvalue weighted by molar-refractivity contribution is 5.28. The lowest BCUT2D eigenvalue weighted by Gasteiger charge is -2.01. The molecule has 0 radical (unpaired) electrons. The second kappa shape index (κ2) is 5.52. The second-order valence-electron chi connectivity index (χ2n) is 1.98. The molecule has 2 nitrogen and oxygen atoms in total. The van der Waals surface area contributed by atoms with Crippen molar-refractivity contribution < 1.29 is 9.13 Å². The van der Waals surface area contributed by atoms with Gasteiger partial charge in [-0.2, -0.15) is 4.39 Å². The molecule has 0 aliphatic carbocycles. The normalized spacial score (nSPS) is 8.42. The van der Waals surface area contributed by atoms with Crippen LogP contribution in [-0.4, -0.2) is 12.1 Å². The van der Waals surface area contributed by atoms with Gasteiger partial charge in [-0.05, 0) is 6.92 Å². The molecule has 0 aromatic carbocycles. The van der Waals surface area contributed by atoms with E-state index in [2.05, 4.69) is 4.98 Å². The predicted molar refractivity (Wildman–Crippen MR) is 46.8 cm³/mol. The number of hydrogen-bond acceptors (Lipinski definition) is 2. The molecule has 1 rings (SSSR count). The van der Waals surface area contributed by atoms with Gasteiger partial charge in [0.05, 0.1) is 7.11 Å². The minimum absolute atomic E-state index is 0.512. The molecule has 0 unspecified atom stereocenters. The van der Waals surface area contributed by atoms with E-state index in [4.69, 9.17) is 4.74 Å². The summed E-state index contributed by atoms with van der Waals surface area (Å²) >= 11 is 0. The molecule has 0 aliphatic heterocycles. The molecular weight excluding hydrogens is 157 g/mol. The van der Waals surface area contributed by atoms with Gasteiger partial charge in [0.1, 0.15) is 5.75 Å². The Hall–Kier alpha value is -1.12. The van der Waals surface area contributed by atoms with Crippen LogP contribution in [-0.2, 0) is 0 Å². The van der Waals surface area contributed by atoms with Gasteiger partial charge in [0.15, 0.2) is 0 Å². The molecule has 1 aromatic rings. The Bertz CT molecular complexity index is 238. The topological polar surface area (TPSA) is 22.1 Å². The summed E-state index contributed by atoms with van der Waals surface area (Å²) in [6.45, 7) is 5.81. The Labute approximate surface area is 72.4 Å². The van der Waals surface area contributed by atoms with Gasteiger partial charge < -0.3 is 4.74 Å². The number of ether oxygens (including phenoxy) is 1. The molecule has 0 saturated carbocycles. The first-order valence-electron chi connectivity index (χ1n) is 3.90. The molecule has 68 valence electrons. The Morgan fingerprint density at radius 1 is 1.42 bits per heavy atom. The van der Waals surface area contributed by atoms with Crippen LogP contribution < -0.4 is 4.74 Å². The number of nitrogens with zero attached hydrogens (tertiary/aromatic N) is 1. The summed E-state index contributed by atoms with van der Waals surface area (Å²) in [5.41, 5.74) is 0.837. The fourth-order valence-corrected chi connectivity index (χ4v) is 0.701. The quantitative estimate of drug-likeness (QED) is 0.606. The Kier molecular flexibility index (Phi) is 5.00. The van der Waals surface area contributed by atoms with E-state index in [0.29, 0.717) is 5.75 Å². The van der Waals surface area contributed by atoms with Crippen LogP contribution in [0.15, 0.2) is 12.3 Å². The van der Waals surface area contributed by atoms with E-state index in [1.54, 1.807) is 0 Å². The standard InChI is InChI=1S/C7H8FNO.C2H6/c1-5-4-9-7(8)3-6(5)10-2;1-2/h3-4H,1-2H3;1-2H3. The molecule has 1 aromatic heterocycles. The van der Waals surface area contributed by atoms with Crippen LogP contribution in [0.1, 0.15) is 19.4 Å². The average molecular weight is 171 g/mol. The van der Waals surface area contributed by atoms with Crippen molar-refractivity contribution >= 4 is 0 Å².